The van der Waals surface area contributed by atoms with Crippen molar-refractivity contribution in [3.8, 4) is 11.1 Å². The lowest BCUT2D eigenvalue weighted by molar-refractivity contribution is 0.264. The van der Waals surface area contributed by atoms with Crippen molar-refractivity contribution in [1.82, 2.24) is 14.8 Å². The number of nitrogens with zero attached hydrogens (tertiary/aromatic N) is 3. The maximum atomic E-state index is 4.07. The third-order valence-corrected chi connectivity index (χ3v) is 4.35. The lowest BCUT2D eigenvalue weighted by Crippen LogP contribution is -2.31. The summed E-state index contributed by atoms with van der Waals surface area (Å²) in [7, 11) is 4.36. The fourth-order valence-electron chi connectivity index (χ4n) is 2.98. The van der Waals surface area contributed by atoms with Crippen LogP contribution in [0.3, 0.4) is 0 Å². The summed E-state index contributed by atoms with van der Waals surface area (Å²) in [6.45, 7) is 3.44. The number of likely N-dealkylation sites (N-methyl/N-ethyl adjacent to an activating group) is 1. The minimum Gasteiger partial charge on any atom is -0.305 e. The van der Waals surface area contributed by atoms with Gasteiger partial charge in [0.2, 0.25) is 0 Å². The summed E-state index contributed by atoms with van der Waals surface area (Å²) >= 11 is 0. The Hall–Kier alpha value is -1.71. The van der Waals surface area contributed by atoms with Crippen molar-refractivity contribution >= 4 is 0 Å². The highest BCUT2D eigenvalue weighted by Crippen LogP contribution is 2.21. The second-order valence-corrected chi connectivity index (χ2v) is 6.07. The largest absolute Gasteiger partial charge is 0.305 e. The van der Waals surface area contributed by atoms with Crippen LogP contribution in [0.1, 0.15) is 12.0 Å². The fraction of sp³-hybridized carbons (Fsp3) is 0.389. The Kier molecular flexibility index (Phi) is 4.32. The van der Waals surface area contributed by atoms with E-state index in [0.717, 1.165) is 6.54 Å². The molecule has 1 saturated heterocycles. The molecule has 1 fully saturated rings. The first kappa shape index (κ1) is 14.2. The molecule has 0 saturated carbocycles. The standard InChI is InChI=1S/C18H23N3/c1-20(2)18-9-12-21(14-18)13-15-3-5-16(6-4-15)17-7-10-19-11-8-17/h3-8,10-11,18H,9,12-14H2,1-2H3. The zero-order chi connectivity index (χ0) is 14.7. The fourth-order valence-corrected chi connectivity index (χ4v) is 2.98. The zero-order valence-corrected chi connectivity index (χ0v) is 12.9. The van der Waals surface area contributed by atoms with Gasteiger partial charge in [0.15, 0.2) is 0 Å². The summed E-state index contributed by atoms with van der Waals surface area (Å²) < 4.78 is 0. The van der Waals surface area contributed by atoms with Gasteiger partial charge in [-0.3, -0.25) is 9.88 Å². The van der Waals surface area contributed by atoms with E-state index in [1.54, 1.807) is 0 Å². The first-order valence-electron chi connectivity index (χ1n) is 7.60. The molecular weight excluding hydrogens is 258 g/mol. The Morgan fingerprint density at radius 3 is 2.33 bits per heavy atom. The Morgan fingerprint density at radius 2 is 1.71 bits per heavy atom. The molecule has 110 valence electrons. The van der Waals surface area contributed by atoms with Gasteiger partial charge >= 0.3 is 0 Å². The quantitative estimate of drug-likeness (QED) is 0.859. The molecule has 1 aliphatic heterocycles. The van der Waals surface area contributed by atoms with E-state index in [1.807, 2.05) is 12.4 Å². The van der Waals surface area contributed by atoms with E-state index in [1.165, 1.54) is 36.2 Å². The van der Waals surface area contributed by atoms with Crippen molar-refractivity contribution in [3.63, 3.8) is 0 Å². The van der Waals surface area contributed by atoms with E-state index in [2.05, 4.69) is 65.3 Å². The van der Waals surface area contributed by atoms with Crippen molar-refractivity contribution in [2.75, 3.05) is 27.2 Å². The van der Waals surface area contributed by atoms with Crippen LogP contribution in [0.25, 0.3) is 11.1 Å². The van der Waals surface area contributed by atoms with Crippen molar-refractivity contribution in [1.29, 1.82) is 0 Å². The predicted molar refractivity (Wildman–Crippen MR) is 87.0 cm³/mol. The molecule has 1 aromatic carbocycles. The van der Waals surface area contributed by atoms with E-state index >= 15 is 0 Å². The van der Waals surface area contributed by atoms with Crippen LogP contribution in [0, 0.1) is 0 Å². The zero-order valence-electron chi connectivity index (χ0n) is 12.9. The molecule has 0 aliphatic carbocycles. The lowest BCUT2D eigenvalue weighted by atomic mass is 10.1. The Labute approximate surface area is 127 Å². The highest BCUT2D eigenvalue weighted by Gasteiger charge is 2.23. The second-order valence-electron chi connectivity index (χ2n) is 6.07. The summed E-state index contributed by atoms with van der Waals surface area (Å²) in [5.74, 6) is 0. The molecule has 0 amide bonds. The van der Waals surface area contributed by atoms with E-state index < -0.39 is 0 Å². The van der Waals surface area contributed by atoms with Crippen LogP contribution in [-0.4, -0.2) is 48.0 Å². The number of likely N-dealkylation sites (tertiary alicyclic amines) is 1. The molecule has 1 atom stereocenters. The van der Waals surface area contributed by atoms with Crippen LogP contribution < -0.4 is 0 Å². The van der Waals surface area contributed by atoms with Crippen molar-refractivity contribution in [3.05, 3.63) is 54.4 Å². The SMILES string of the molecule is CN(C)C1CCN(Cc2ccc(-c3ccncc3)cc2)C1. The average Bonchev–Trinajstić information content (AvgIpc) is 2.98. The number of hydrogen-bond acceptors (Lipinski definition) is 3. The van der Waals surface area contributed by atoms with Gasteiger partial charge in [-0.2, -0.15) is 0 Å². The molecule has 0 N–H and O–H groups in total. The van der Waals surface area contributed by atoms with Crippen LogP contribution in [-0.2, 0) is 6.54 Å². The van der Waals surface area contributed by atoms with Gasteiger partial charge in [-0.05, 0) is 49.3 Å². The molecule has 2 heterocycles. The van der Waals surface area contributed by atoms with E-state index in [9.17, 15) is 0 Å². The van der Waals surface area contributed by atoms with Crippen molar-refractivity contribution in [2.45, 2.75) is 19.0 Å². The molecule has 1 unspecified atom stereocenters. The number of aromatic nitrogens is 1. The predicted octanol–water partition coefficient (Wildman–Crippen LogP) is 2.88. The lowest BCUT2D eigenvalue weighted by Gasteiger charge is -2.20. The molecule has 3 nitrogen and oxygen atoms in total. The third-order valence-electron chi connectivity index (χ3n) is 4.35. The number of pyridine rings is 1. The van der Waals surface area contributed by atoms with Crippen LogP contribution in [0.15, 0.2) is 48.8 Å². The first-order valence-corrected chi connectivity index (χ1v) is 7.60. The molecule has 3 rings (SSSR count). The average molecular weight is 281 g/mol. The smallest absolute Gasteiger partial charge is 0.0273 e. The molecule has 3 heteroatoms. The van der Waals surface area contributed by atoms with Gasteiger partial charge in [0.25, 0.3) is 0 Å². The summed E-state index contributed by atoms with van der Waals surface area (Å²) in [6, 6.07) is 13.7. The minimum absolute atomic E-state index is 0.709. The number of hydrogen-bond donors (Lipinski definition) is 0. The topological polar surface area (TPSA) is 19.4 Å². The first-order chi connectivity index (χ1) is 10.2. The molecule has 0 spiro atoms. The van der Waals surface area contributed by atoms with Gasteiger partial charge in [-0.25, -0.2) is 0 Å². The van der Waals surface area contributed by atoms with Gasteiger partial charge in [0.05, 0.1) is 0 Å². The van der Waals surface area contributed by atoms with Crippen LogP contribution in [0.4, 0.5) is 0 Å². The van der Waals surface area contributed by atoms with Crippen molar-refractivity contribution < 1.29 is 0 Å². The van der Waals surface area contributed by atoms with Crippen LogP contribution in [0.2, 0.25) is 0 Å². The van der Waals surface area contributed by atoms with Gasteiger partial charge in [0.1, 0.15) is 0 Å². The maximum Gasteiger partial charge on any atom is 0.0273 e. The number of benzene rings is 1. The van der Waals surface area contributed by atoms with Crippen LogP contribution >= 0.6 is 0 Å². The van der Waals surface area contributed by atoms with E-state index in [-0.39, 0.29) is 0 Å². The molecule has 0 radical (unpaired) electrons. The number of rotatable bonds is 4. The highest BCUT2D eigenvalue weighted by molar-refractivity contribution is 5.62. The van der Waals surface area contributed by atoms with E-state index in [0.29, 0.717) is 6.04 Å². The minimum atomic E-state index is 0.709. The Morgan fingerprint density at radius 1 is 1.05 bits per heavy atom. The summed E-state index contributed by atoms with van der Waals surface area (Å²) in [4.78, 5) is 8.96. The molecule has 2 aromatic rings. The molecule has 0 bridgehead atoms. The molecular formula is C18H23N3. The van der Waals surface area contributed by atoms with Gasteiger partial charge in [0, 0.05) is 38.1 Å². The maximum absolute atomic E-state index is 4.07. The third kappa shape index (κ3) is 3.49. The van der Waals surface area contributed by atoms with Crippen molar-refractivity contribution in [2.24, 2.45) is 0 Å². The van der Waals surface area contributed by atoms with Gasteiger partial charge < -0.3 is 4.90 Å². The molecule has 1 aromatic heterocycles. The molecule has 21 heavy (non-hydrogen) atoms. The van der Waals surface area contributed by atoms with E-state index in [4.69, 9.17) is 0 Å². The summed E-state index contributed by atoms with van der Waals surface area (Å²) in [5, 5.41) is 0. The van der Waals surface area contributed by atoms with Crippen LogP contribution in [0.5, 0.6) is 0 Å². The Balaban J connectivity index is 1.63. The summed E-state index contributed by atoms with van der Waals surface area (Å²) in [5.41, 5.74) is 3.88. The highest BCUT2D eigenvalue weighted by atomic mass is 15.2. The normalized spacial score (nSPS) is 19.3. The van der Waals surface area contributed by atoms with Gasteiger partial charge in [-0.15, -0.1) is 0 Å². The van der Waals surface area contributed by atoms with Gasteiger partial charge in [-0.1, -0.05) is 24.3 Å². The summed E-state index contributed by atoms with van der Waals surface area (Å²) in [6.07, 6.45) is 4.96. The molecule has 1 aliphatic rings. The second kappa shape index (κ2) is 6.37. The Bertz CT molecular complexity index is 563. The monoisotopic (exact) mass is 281 g/mol.